The summed E-state index contributed by atoms with van der Waals surface area (Å²) in [5, 5.41) is 4.01. The molecular weight excluding hydrogens is 214 g/mol. The minimum absolute atomic E-state index is 0.00728. The van der Waals surface area contributed by atoms with Crippen LogP contribution in [0.5, 0.6) is 5.75 Å². The summed E-state index contributed by atoms with van der Waals surface area (Å²) in [6.07, 6.45) is 0.768. The summed E-state index contributed by atoms with van der Waals surface area (Å²) in [4.78, 5) is 5.16. The molecule has 0 saturated carbocycles. The number of alkyl halides is 1. The molecule has 0 saturated heterocycles. The van der Waals surface area contributed by atoms with E-state index in [2.05, 4.69) is 5.16 Å². The maximum atomic E-state index is 5.70. The zero-order chi connectivity index (χ0) is 10.7. The Morgan fingerprint density at radius 3 is 3.13 bits per heavy atom. The predicted octanol–water partition coefficient (Wildman–Crippen LogP) is 2.43. The summed E-state index contributed by atoms with van der Waals surface area (Å²) in [6.45, 7) is 0. The van der Waals surface area contributed by atoms with Crippen LogP contribution in [0.1, 0.15) is 12.0 Å². The van der Waals surface area contributed by atoms with E-state index in [1.807, 2.05) is 24.3 Å². The van der Waals surface area contributed by atoms with Crippen LogP contribution in [0.4, 0.5) is 0 Å². The van der Waals surface area contributed by atoms with Crippen LogP contribution in [-0.4, -0.2) is 24.8 Å². The van der Waals surface area contributed by atoms with Crippen LogP contribution in [-0.2, 0) is 4.84 Å². The van der Waals surface area contributed by atoms with E-state index < -0.39 is 0 Å². The molecule has 3 nitrogen and oxygen atoms in total. The van der Waals surface area contributed by atoms with Gasteiger partial charge >= 0.3 is 0 Å². The molecule has 0 fully saturated rings. The Kier molecular flexibility index (Phi) is 3.11. The number of rotatable bonds is 3. The predicted molar refractivity (Wildman–Crippen MR) is 59.7 cm³/mol. The van der Waals surface area contributed by atoms with E-state index in [1.165, 1.54) is 0 Å². The maximum absolute atomic E-state index is 5.70. The van der Waals surface area contributed by atoms with E-state index >= 15 is 0 Å². The van der Waals surface area contributed by atoms with E-state index in [1.54, 1.807) is 7.11 Å². The number of methoxy groups -OCH3 is 1. The largest absolute Gasteiger partial charge is 0.497 e. The van der Waals surface area contributed by atoms with Crippen molar-refractivity contribution >= 4 is 17.3 Å². The molecule has 1 aromatic rings. The lowest BCUT2D eigenvalue weighted by Gasteiger charge is -2.03. The fourth-order valence-electron chi connectivity index (χ4n) is 1.48. The van der Waals surface area contributed by atoms with Crippen molar-refractivity contribution in [1.29, 1.82) is 0 Å². The third-order valence-electron chi connectivity index (χ3n) is 2.31. The molecule has 4 heteroatoms. The van der Waals surface area contributed by atoms with Gasteiger partial charge in [0, 0.05) is 12.0 Å². The fourth-order valence-corrected chi connectivity index (χ4v) is 1.65. The van der Waals surface area contributed by atoms with E-state index in [0.29, 0.717) is 5.88 Å². The minimum Gasteiger partial charge on any atom is -0.497 e. The van der Waals surface area contributed by atoms with Gasteiger partial charge in [-0.05, 0) is 12.1 Å². The molecule has 15 heavy (non-hydrogen) atoms. The third kappa shape index (κ3) is 2.23. The third-order valence-corrected chi connectivity index (χ3v) is 2.65. The number of halogens is 1. The summed E-state index contributed by atoms with van der Waals surface area (Å²) >= 11 is 5.70. The molecule has 1 heterocycles. The Morgan fingerprint density at radius 1 is 1.60 bits per heavy atom. The van der Waals surface area contributed by atoms with E-state index in [0.717, 1.165) is 23.4 Å². The molecule has 0 amide bonds. The van der Waals surface area contributed by atoms with Crippen LogP contribution in [0, 0.1) is 0 Å². The molecule has 1 aliphatic rings. The molecule has 2 rings (SSSR count). The first kappa shape index (κ1) is 10.3. The molecule has 1 aliphatic heterocycles. The first-order chi connectivity index (χ1) is 7.33. The van der Waals surface area contributed by atoms with Crippen LogP contribution >= 0.6 is 11.6 Å². The molecule has 0 aliphatic carbocycles. The number of nitrogens with zero attached hydrogens (tertiary/aromatic N) is 1. The fraction of sp³-hybridized carbons (Fsp3) is 0.364. The first-order valence-corrected chi connectivity index (χ1v) is 5.30. The number of ether oxygens (including phenoxy) is 1. The van der Waals surface area contributed by atoms with Crippen molar-refractivity contribution < 1.29 is 9.57 Å². The van der Waals surface area contributed by atoms with E-state index in [-0.39, 0.29) is 6.10 Å². The summed E-state index contributed by atoms with van der Waals surface area (Å²) < 4.78 is 5.15. The lowest BCUT2D eigenvalue weighted by molar-refractivity contribution is 0.102. The molecule has 0 bridgehead atoms. The Labute approximate surface area is 93.6 Å². The van der Waals surface area contributed by atoms with Crippen molar-refractivity contribution in [2.45, 2.75) is 12.5 Å². The molecule has 0 aromatic heterocycles. The van der Waals surface area contributed by atoms with Gasteiger partial charge in [0.15, 0.2) is 0 Å². The van der Waals surface area contributed by atoms with Crippen LogP contribution in [0.3, 0.4) is 0 Å². The normalized spacial score (nSPS) is 19.6. The SMILES string of the molecule is COc1cccc(C2=NOC(CCl)C2)c1. The van der Waals surface area contributed by atoms with Gasteiger partial charge in [0.1, 0.15) is 11.9 Å². The van der Waals surface area contributed by atoms with Gasteiger partial charge in [-0.15, -0.1) is 11.6 Å². The van der Waals surface area contributed by atoms with Crippen molar-refractivity contribution in [1.82, 2.24) is 0 Å². The Hall–Kier alpha value is -1.22. The number of hydrogen-bond acceptors (Lipinski definition) is 3. The highest BCUT2D eigenvalue weighted by atomic mass is 35.5. The topological polar surface area (TPSA) is 30.8 Å². The van der Waals surface area contributed by atoms with Gasteiger partial charge in [-0.2, -0.15) is 0 Å². The zero-order valence-electron chi connectivity index (χ0n) is 8.44. The zero-order valence-corrected chi connectivity index (χ0v) is 9.20. The Bertz CT molecular complexity index is 379. The quantitative estimate of drug-likeness (QED) is 0.740. The van der Waals surface area contributed by atoms with E-state index in [4.69, 9.17) is 21.2 Å². The molecule has 1 unspecified atom stereocenters. The van der Waals surface area contributed by atoms with Crippen molar-refractivity contribution in [2.24, 2.45) is 5.16 Å². The highest BCUT2D eigenvalue weighted by Gasteiger charge is 2.21. The van der Waals surface area contributed by atoms with Crippen molar-refractivity contribution in [2.75, 3.05) is 13.0 Å². The molecule has 80 valence electrons. The standard InChI is InChI=1S/C11H12ClNO2/c1-14-9-4-2-3-8(5-9)11-6-10(7-12)15-13-11/h2-5,10H,6-7H2,1H3. The van der Waals surface area contributed by atoms with Crippen LogP contribution in [0.2, 0.25) is 0 Å². The first-order valence-electron chi connectivity index (χ1n) is 4.76. The molecule has 0 N–H and O–H groups in total. The second-order valence-electron chi connectivity index (χ2n) is 3.36. The minimum atomic E-state index is 0.00728. The van der Waals surface area contributed by atoms with Gasteiger partial charge in [-0.1, -0.05) is 17.3 Å². The summed E-state index contributed by atoms with van der Waals surface area (Å²) in [5.74, 6) is 1.29. The number of benzene rings is 1. The summed E-state index contributed by atoms with van der Waals surface area (Å²) in [7, 11) is 1.65. The van der Waals surface area contributed by atoms with Crippen molar-refractivity contribution in [3.8, 4) is 5.75 Å². The lowest BCUT2D eigenvalue weighted by atomic mass is 10.1. The Morgan fingerprint density at radius 2 is 2.47 bits per heavy atom. The van der Waals surface area contributed by atoms with Crippen molar-refractivity contribution in [3.05, 3.63) is 29.8 Å². The molecular formula is C11H12ClNO2. The molecule has 0 spiro atoms. The highest BCUT2D eigenvalue weighted by molar-refractivity contribution is 6.18. The molecule has 1 aromatic carbocycles. The second kappa shape index (κ2) is 4.53. The smallest absolute Gasteiger partial charge is 0.146 e. The monoisotopic (exact) mass is 225 g/mol. The van der Waals surface area contributed by atoms with Gasteiger partial charge in [0.2, 0.25) is 0 Å². The highest BCUT2D eigenvalue weighted by Crippen LogP contribution is 2.20. The van der Waals surface area contributed by atoms with E-state index in [9.17, 15) is 0 Å². The van der Waals surface area contributed by atoms with Crippen LogP contribution < -0.4 is 4.74 Å². The van der Waals surface area contributed by atoms with Crippen molar-refractivity contribution in [3.63, 3.8) is 0 Å². The average molecular weight is 226 g/mol. The second-order valence-corrected chi connectivity index (χ2v) is 3.66. The van der Waals surface area contributed by atoms with Gasteiger partial charge in [-0.3, -0.25) is 0 Å². The van der Waals surface area contributed by atoms with Crippen LogP contribution in [0.25, 0.3) is 0 Å². The van der Waals surface area contributed by atoms with Gasteiger partial charge in [-0.25, -0.2) is 0 Å². The van der Waals surface area contributed by atoms with Gasteiger partial charge in [0.05, 0.1) is 18.7 Å². The summed E-state index contributed by atoms with van der Waals surface area (Å²) in [5.41, 5.74) is 1.96. The van der Waals surface area contributed by atoms with Crippen LogP contribution in [0.15, 0.2) is 29.4 Å². The maximum Gasteiger partial charge on any atom is 0.146 e. The number of oxime groups is 1. The van der Waals surface area contributed by atoms with Gasteiger partial charge < -0.3 is 9.57 Å². The molecule has 1 atom stereocenters. The lowest BCUT2D eigenvalue weighted by Crippen LogP contribution is -2.09. The summed E-state index contributed by atoms with van der Waals surface area (Å²) in [6, 6.07) is 7.77. The molecule has 0 radical (unpaired) electrons. The number of hydrogen-bond donors (Lipinski definition) is 0. The average Bonchev–Trinajstić information content (AvgIpc) is 2.78. The Balaban J connectivity index is 2.16. The van der Waals surface area contributed by atoms with Gasteiger partial charge in [0.25, 0.3) is 0 Å².